The van der Waals surface area contributed by atoms with Crippen LogP contribution < -0.4 is 10.1 Å². The van der Waals surface area contributed by atoms with E-state index in [0.717, 1.165) is 48.6 Å². The number of nitrogens with one attached hydrogen (secondary N) is 1. The van der Waals surface area contributed by atoms with Crippen LogP contribution in [0.5, 0.6) is 5.75 Å². The molecule has 0 saturated carbocycles. The van der Waals surface area contributed by atoms with Crippen LogP contribution in [0.3, 0.4) is 0 Å². The van der Waals surface area contributed by atoms with Crippen molar-refractivity contribution in [3.8, 4) is 16.9 Å². The molecule has 0 radical (unpaired) electrons. The van der Waals surface area contributed by atoms with Gasteiger partial charge in [0.05, 0.1) is 6.61 Å². The molecule has 0 spiro atoms. The summed E-state index contributed by atoms with van der Waals surface area (Å²) >= 11 is 1.79. The van der Waals surface area contributed by atoms with Crippen LogP contribution in [-0.4, -0.2) is 25.9 Å². The summed E-state index contributed by atoms with van der Waals surface area (Å²) in [5.41, 5.74) is 5.40. The van der Waals surface area contributed by atoms with Gasteiger partial charge in [0, 0.05) is 11.1 Å². The summed E-state index contributed by atoms with van der Waals surface area (Å²) in [6, 6.07) is 14.4. The highest BCUT2D eigenvalue weighted by Crippen LogP contribution is 2.38. The van der Waals surface area contributed by atoms with Gasteiger partial charge in [-0.3, -0.25) is 0 Å². The van der Waals surface area contributed by atoms with E-state index in [9.17, 15) is 0 Å². The van der Waals surface area contributed by atoms with Gasteiger partial charge in [-0.15, -0.1) is 0 Å². The molecule has 0 atom stereocenters. The molecule has 0 amide bonds. The van der Waals surface area contributed by atoms with Crippen molar-refractivity contribution in [1.29, 1.82) is 0 Å². The van der Waals surface area contributed by atoms with Crippen molar-refractivity contribution in [3.63, 3.8) is 0 Å². The average molecular weight is 422 g/mol. The van der Waals surface area contributed by atoms with E-state index >= 15 is 0 Å². The smallest absolute Gasteiger partial charge is 0.230 e. The molecule has 4 nitrogen and oxygen atoms in total. The summed E-state index contributed by atoms with van der Waals surface area (Å²) in [4.78, 5) is 0. The first-order chi connectivity index (χ1) is 11.3. The minimum absolute atomic E-state index is 0.725. The SMILES string of the molecule is CNCCCCOc1ccc2c(c1)/C(=N/OI)c1ccccc1-2. The maximum atomic E-state index is 5.88. The van der Waals surface area contributed by atoms with Crippen LogP contribution in [0.2, 0.25) is 0 Å². The highest BCUT2D eigenvalue weighted by Gasteiger charge is 2.25. The standard InChI is InChI=1S/C18H19IN2O2/c1-20-10-4-5-11-22-13-8-9-15-14-6-2-3-7-16(14)18(21-23-19)17(15)12-13/h2-3,6-9,12,20H,4-5,10-11H2,1H3/b21-18+. The number of benzene rings is 2. The molecule has 0 heterocycles. The van der Waals surface area contributed by atoms with Gasteiger partial charge in [0.2, 0.25) is 23.0 Å². The van der Waals surface area contributed by atoms with Gasteiger partial charge in [-0.1, -0.05) is 29.4 Å². The van der Waals surface area contributed by atoms with E-state index in [0.29, 0.717) is 0 Å². The summed E-state index contributed by atoms with van der Waals surface area (Å²) in [6.07, 6.45) is 2.15. The minimum atomic E-state index is 0.725. The lowest BCUT2D eigenvalue weighted by molar-refractivity contribution is 0.306. The lowest BCUT2D eigenvalue weighted by Crippen LogP contribution is -2.09. The lowest BCUT2D eigenvalue weighted by atomic mass is 10.1. The number of oxime groups is 1. The molecular formula is C18H19IN2O2. The van der Waals surface area contributed by atoms with Crippen LogP contribution in [0, 0.1) is 0 Å². The Morgan fingerprint density at radius 3 is 2.57 bits per heavy atom. The van der Waals surface area contributed by atoms with E-state index in [1.165, 1.54) is 11.1 Å². The fourth-order valence-electron chi connectivity index (χ4n) is 2.84. The Hall–Kier alpha value is -1.60. The first kappa shape index (κ1) is 16.3. The van der Waals surface area contributed by atoms with Crippen LogP contribution in [0.4, 0.5) is 0 Å². The van der Waals surface area contributed by atoms with Crippen LogP contribution in [-0.2, 0) is 3.17 Å². The maximum Gasteiger partial charge on any atom is 0.230 e. The largest absolute Gasteiger partial charge is 0.494 e. The first-order valence-corrected chi connectivity index (χ1v) is 8.60. The zero-order chi connectivity index (χ0) is 16.1. The van der Waals surface area contributed by atoms with E-state index in [4.69, 9.17) is 7.90 Å². The second kappa shape index (κ2) is 7.79. The van der Waals surface area contributed by atoms with Gasteiger partial charge < -0.3 is 13.2 Å². The summed E-state index contributed by atoms with van der Waals surface area (Å²) in [5.74, 6) is 0.877. The van der Waals surface area contributed by atoms with Crippen LogP contribution in [0.25, 0.3) is 11.1 Å². The molecule has 0 aromatic heterocycles. The van der Waals surface area contributed by atoms with Crippen molar-refractivity contribution in [2.75, 3.05) is 20.2 Å². The van der Waals surface area contributed by atoms with E-state index in [1.54, 1.807) is 23.0 Å². The molecule has 1 aliphatic carbocycles. The molecule has 0 aliphatic heterocycles. The van der Waals surface area contributed by atoms with Gasteiger partial charge in [0.15, 0.2) is 0 Å². The molecule has 3 rings (SSSR count). The maximum absolute atomic E-state index is 5.88. The zero-order valence-electron chi connectivity index (χ0n) is 13.0. The normalized spacial score (nSPS) is 13.7. The highest BCUT2D eigenvalue weighted by atomic mass is 127. The predicted octanol–water partition coefficient (Wildman–Crippen LogP) is 4.16. The Kier molecular flexibility index (Phi) is 5.51. The van der Waals surface area contributed by atoms with E-state index in [-0.39, 0.29) is 0 Å². The summed E-state index contributed by atoms with van der Waals surface area (Å²) in [6.45, 7) is 1.75. The Labute approximate surface area is 150 Å². The summed E-state index contributed by atoms with van der Waals surface area (Å²) in [7, 11) is 1.97. The molecular weight excluding hydrogens is 403 g/mol. The third-order valence-corrected chi connectivity index (χ3v) is 4.13. The number of hydrogen-bond donors (Lipinski definition) is 1. The van der Waals surface area contributed by atoms with Crippen molar-refractivity contribution in [1.82, 2.24) is 5.32 Å². The Balaban J connectivity index is 1.81. The number of nitrogens with zero attached hydrogens (tertiary/aromatic N) is 1. The van der Waals surface area contributed by atoms with Gasteiger partial charge in [0.25, 0.3) is 0 Å². The quantitative estimate of drug-likeness (QED) is 0.353. The van der Waals surface area contributed by atoms with Crippen molar-refractivity contribution in [3.05, 3.63) is 53.6 Å². The summed E-state index contributed by atoms with van der Waals surface area (Å²) < 4.78 is 10.9. The predicted molar refractivity (Wildman–Crippen MR) is 101 cm³/mol. The van der Waals surface area contributed by atoms with Gasteiger partial charge >= 0.3 is 0 Å². The molecule has 2 aromatic carbocycles. The summed E-state index contributed by atoms with van der Waals surface area (Å²) in [5, 5.41) is 7.35. The van der Waals surface area contributed by atoms with Crippen molar-refractivity contribution < 1.29 is 7.90 Å². The van der Waals surface area contributed by atoms with Crippen molar-refractivity contribution in [2.45, 2.75) is 12.8 Å². The lowest BCUT2D eigenvalue weighted by Gasteiger charge is -2.08. The van der Waals surface area contributed by atoms with Crippen LogP contribution in [0.1, 0.15) is 24.0 Å². The van der Waals surface area contributed by atoms with Crippen molar-refractivity contribution in [2.24, 2.45) is 5.16 Å². The highest BCUT2D eigenvalue weighted by molar-refractivity contribution is 14.1. The third-order valence-electron chi connectivity index (χ3n) is 3.93. The number of halogens is 1. The molecule has 0 bridgehead atoms. The molecule has 1 N–H and O–H groups in total. The number of fused-ring (bicyclic) bond motifs is 3. The first-order valence-electron chi connectivity index (χ1n) is 7.72. The fraction of sp³-hybridized carbons (Fsp3) is 0.278. The van der Waals surface area contributed by atoms with Crippen LogP contribution in [0.15, 0.2) is 47.6 Å². The molecule has 0 fully saturated rings. The number of ether oxygens (including phenoxy) is 1. The Bertz CT molecular complexity index is 716. The fourth-order valence-corrected chi connectivity index (χ4v) is 3.04. The zero-order valence-corrected chi connectivity index (χ0v) is 15.2. The number of rotatable bonds is 7. The number of unbranched alkanes of at least 4 members (excludes halogenated alkanes) is 1. The molecule has 5 heteroatoms. The molecule has 0 unspecified atom stereocenters. The molecule has 0 saturated heterocycles. The van der Waals surface area contributed by atoms with E-state index in [1.807, 2.05) is 25.2 Å². The molecule has 120 valence electrons. The van der Waals surface area contributed by atoms with Gasteiger partial charge in [-0.05, 0) is 55.8 Å². The Morgan fingerprint density at radius 1 is 1.00 bits per heavy atom. The monoisotopic (exact) mass is 422 g/mol. The third kappa shape index (κ3) is 3.50. The molecule has 1 aliphatic rings. The van der Waals surface area contributed by atoms with Gasteiger partial charge in [-0.2, -0.15) is 0 Å². The Morgan fingerprint density at radius 2 is 1.78 bits per heavy atom. The van der Waals surface area contributed by atoms with E-state index < -0.39 is 0 Å². The molecule has 2 aromatic rings. The minimum Gasteiger partial charge on any atom is -0.494 e. The van der Waals surface area contributed by atoms with E-state index in [2.05, 4.69) is 34.7 Å². The topological polar surface area (TPSA) is 42.8 Å². The molecule has 23 heavy (non-hydrogen) atoms. The van der Waals surface area contributed by atoms with Gasteiger partial charge in [0.1, 0.15) is 11.5 Å². The second-order valence-corrected chi connectivity index (χ2v) is 5.81. The average Bonchev–Trinajstić information content (AvgIpc) is 2.89. The second-order valence-electron chi connectivity index (χ2n) is 5.42. The number of hydrogen-bond acceptors (Lipinski definition) is 4. The van der Waals surface area contributed by atoms with Crippen molar-refractivity contribution >= 4 is 28.7 Å². The van der Waals surface area contributed by atoms with Crippen LogP contribution >= 0.6 is 23.0 Å². The van der Waals surface area contributed by atoms with Gasteiger partial charge in [-0.25, -0.2) is 0 Å².